The second kappa shape index (κ2) is 7.09. The van der Waals surface area contributed by atoms with E-state index < -0.39 is 0 Å². The smallest absolute Gasteiger partial charge is 0.223 e. The fraction of sp³-hybridized carbons (Fsp3) is 0.562. The molecule has 0 saturated heterocycles. The summed E-state index contributed by atoms with van der Waals surface area (Å²) in [6.07, 6.45) is 4.67. The molecule has 1 aliphatic rings. The third-order valence-corrected chi connectivity index (χ3v) is 4.14. The van der Waals surface area contributed by atoms with E-state index in [1.165, 1.54) is 0 Å². The summed E-state index contributed by atoms with van der Waals surface area (Å²) in [7, 11) is 0. The van der Waals surface area contributed by atoms with Crippen molar-refractivity contribution in [3.05, 3.63) is 34.9 Å². The van der Waals surface area contributed by atoms with Crippen molar-refractivity contribution in [2.75, 3.05) is 0 Å². The van der Waals surface area contributed by atoms with E-state index in [0.29, 0.717) is 0 Å². The first kappa shape index (κ1) is 15.3. The average Bonchev–Trinajstić information content (AvgIpc) is 2.38. The summed E-state index contributed by atoms with van der Waals surface area (Å²) in [5, 5.41) is 3.84. The molecule has 1 aromatic rings. The minimum atomic E-state index is 0.0839. The van der Waals surface area contributed by atoms with E-state index in [9.17, 15) is 4.79 Å². The lowest BCUT2D eigenvalue weighted by atomic mass is 9.85. The van der Waals surface area contributed by atoms with Crippen LogP contribution in [0.2, 0.25) is 5.02 Å². The van der Waals surface area contributed by atoms with Gasteiger partial charge in [-0.1, -0.05) is 30.2 Å². The molecule has 3 unspecified atom stereocenters. The molecular weight excluding hydrogens is 272 g/mol. The Morgan fingerprint density at radius 2 is 2.30 bits per heavy atom. The molecule has 1 amide bonds. The van der Waals surface area contributed by atoms with Gasteiger partial charge in [0.2, 0.25) is 5.91 Å². The van der Waals surface area contributed by atoms with E-state index in [1.54, 1.807) is 0 Å². The maximum Gasteiger partial charge on any atom is 0.223 e. The normalized spacial score (nSPS) is 24.1. The molecule has 110 valence electrons. The van der Waals surface area contributed by atoms with Crippen LogP contribution in [0.4, 0.5) is 0 Å². The number of hydrogen-bond donors (Lipinski definition) is 2. The zero-order valence-electron chi connectivity index (χ0n) is 11.9. The number of carbonyl (C=O) groups excluding carboxylic acids is 1. The fourth-order valence-electron chi connectivity index (χ4n) is 2.89. The summed E-state index contributed by atoms with van der Waals surface area (Å²) in [4.78, 5) is 12.2. The molecule has 3 nitrogen and oxygen atoms in total. The molecule has 0 spiro atoms. The maximum atomic E-state index is 12.2. The van der Waals surface area contributed by atoms with E-state index in [-0.39, 0.29) is 23.9 Å². The Bertz CT molecular complexity index is 464. The molecule has 1 aliphatic carbocycles. The predicted molar refractivity (Wildman–Crippen MR) is 82.7 cm³/mol. The van der Waals surface area contributed by atoms with Crippen molar-refractivity contribution < 1.29 is 4.79 Å². The first-order valence-electron chi connectivity index (χ1n) is 7.35. The lowest BCUT2D eigenvalue weighted by molar-refractivity contribution is -0.126. The zero-order chi connectivity index (χ0) is 14.5. The van der Waals surface area contributed by atoms with E-state index >= 15 is 0 Å². The van der Waals surface area contributed by atoms with Gasteiger partial charge in [0.1, 0.15) is 0 Å². The number of nitrogens with two attached hydrogens (primary N) is 1. The van der Waals surface area contributed by atoms with Crippen LogP contribution in [-0.4, -0.2) is 18.0 Å². The third-order valence-electron chi connectivity index (χ3n) is 3.91. The standard InChI is InChI=1S/C16H23ClN2O/c1-11(8-12-4-2-6-14(17)9-12)19-16(20)13-5-3-7-15(18)10-13/h2,4,6,9,11,13,15H,3,5,7-8,10,18H2,1H3,(H,19,20). The highest BCUT2D eigenvalue weighted by Crippen LogP contribution is 2.23. The molecule has 0 heterocycles. The zero-order valence-corrected chi connectivity index (χ0v) is 12.7. The molecule has 4 heteroatoms. The van der Waals surface area contributed by atoms with Gasteiger partial charge in [-0.3, -0.25) is 4.79 Å². The predicted octanol–water partition coefficient (Wildman–Crippen LogP) is 2.90. The molecule has 1 saturated carbocycles. The second-order valence-electron chi connectivity index (χ2n) is 5.87. The number of amides is 1. The van der Waals surface area contributed by atoms with Gasteiger partial charge in [-0.2, -0.15) is 0 Å². The van der Waals surface area contributed by atoms with Crippen LogP contribution in [0.3, 0.4) is 0 Å². The van der Waals surface area contributed by atoms with Crippen LogP contribution < -0.4 is 11.1 Å². The van der Waals surface area contributed by atoms with Crippen LogP contribution in [0.1, 0.15) is 38.2 Å². The second-order valence-corrected chi connectivity index (χ2v) is 6.30. The van der Waals surface area contributed by atoms with Crippen molar-refractivity contribution in [1.82, 2.24) is 5.32 Å². The van der Waals surface area contributed by atoms with Crippen molar-refractivity contribution in [2.45, 2.75) is 51.1 Å². The summed E-state index contributed by atoms with van der Waals surface area (Å²) >= 11 is 5.97. The van der Waals surface area contributed by atoms with Gasteiger partial charge in [-0.25, -0.2) is 0 Å². The summed E-state index contributed by atoms with van der Waals surface area (Å²) in [5.41, 5.74) is 7.08. The summed E-state index contributed by atoms with van der Waals surface area (Å²) in [6, 6.07) is 8.07. The Balaban J connectivity index is 1.84. The molecule has 0 aliphatic heterocycles. The molecule has 1 aromatic carbocycles. The minimum absolute atomic E-state index is 0.0839. The lowest BCUT2D eigenvalue weighted by Gasteiger charge is -2.27. The van der Waals surface area contributed by atoms with E-state index in [1.807, 2.05) is 31.2 Å². The summed E-state index contributed by atoms with van der Waals surface area (Å²) in [6.45, 7) is 2.03. The summed E-state index contributed by atoms with van der Waals surface area (Å²) < 4.78 is 0. The molecule has 0 aromatic heterocycles. The number of carbonyl (C=O) groups is 1. The topological polar surface area (TPSA) is 55.1 Å². The monoisotopic (exact) mass is 294 g/mol. The van der Waals surface area contributed by atoms with Crippen molar-refractivity contribution >= 4 is 17.5 Å². The molecule has 3 N–H and O–H groups in total. The SMILES string of the molecule is CC(Cc1cccc(Cl)c1)NC(=O)C1CCCC(N)C1. The lowest BCUT2D eigenvalue weighted by Crippen LogP contribution is -2.42. The Morgan fingerprint density at radius 3 is 3.00 bits per heavy atom. The molecule has 0 bridgehead atoms. The Morgan fingerprint density at radius 1 is 1.50 bits per heavy atom. The van der Waals surface area contributed by atoms with Crippen LogP contribution in [0.25, 0.3) is 0 Å². The van der Waals surface area contributed by atoms with Gasteiger partial charge < -0.3 is 11.1 Å². The van der Waals surface area contributed by atoms with Gasteiger partial charge >= 0.3 is 0 Å². The van der Waals surface area contributed by atoms with Gasteiger partial charge in [0.15, 0.2) is 0 Å². The number of rotatable bonds is 4. The quantitative estimate of drug-likeness (QED) is 0.897. The van der Waals surface area contributed by atoms with Gasteiger partial charge in [-0.05, 0) is 50.3 Å². The van der Waals surface area contributed by atoms with Gasteiger partial charge in [-0.15, -0.1) is 0 Å². The molecular formula is C16H23ClN2O. The highest BCUT2D eigenvalue weighted by atomic mass is 35.5. The number of hydrogen-bond acceptors (Lipinski definition) is 2. The third kappa shape index (κ3) is 4.50. The van der Waals surface area contributed by atoms with Gasteiger partial charge in [0.05, 0.1) is 0 Å². The van der Waals surface area contributed by atoms with Crippen LogP contribution >= 0.6 is 11.6 Å². The van der Waals surface area contributed by atoms with Crippen molar-refractivity contribution in [3.63, 3.8) is 0 Å². The van der Waals surface area contributed by atoms with Crippen molar-refractivity contribution in [2.24, 2.45) is 11.7 Å². The average molecular weight is 295 g/mol. The van der Waals surface area contributed by atoms with Crippen LogP contribution in [0, 0.1) is 5.92 Å². The van der Waals surface area contributed by atoms with Crippen molar-refractivity contribution in [3.8, 4) is 0 Å². The van der Waals surface area contributed by atoms with Crippen LogP contribution in [-0.2, 0) is 11.2 Å². The van der Waals surface area contributed by atoms with Crippen LogP contribution in [0.15, 0.2) is 24.3 Å². The first-order chi connectivity index (χ1) is 9.54. The van der Waals surface area contributed by atoms with E-state index in [0.717, 1.165) is 42.7 Å². The van der Waals surface area contributed by atoms with E-state index in [2.05, 4.69) is 5.32 Å². The van der Waals surface area contributed by atoms with Crippen LogP contribution in [0.5, 0.6) is 0 Å². The Hall–Kier alpha value is -1.06. The minimum Gasteiger partial charge on any atom is -0.353 e. The molecule has 3 atom stereocenters. The highest BCUT2D eigenvalue weighted by Gasteiger charge is 2.25. The van der Waals surface area contributed by atoms with E-state index in [4.69, 9.17) is 17.3 Å². The van der Waals surface area contributed by atoms with Gasteiger partial charge in [0, 0.05) is 23.0 Å². The molecule has 0 radical (unpaired) electrons. The maximum absolute atomic E-state index is 12.2. The number of nitrogens with one attached hydrogen (secondary N) is 1. The summed E-state index contributed by atoms with van der Waals surface area (Å²) in [5.74, 6) is 0.232. The largest absolute Gasteiger partial charge is 0.353 e. The first-order valence-corrected chi connectivity index (χ1v) is 7.73. The number of benzene rings is 1. The Kier molecular flexibility index (Phi) is 5.44. The molecule has 2 rings (SSSR count). The molecule has 20 heavy (non-hydrogen) atoms. The van der Waals surface area contributed by atoms with Gasteiger partial charge in [0.25, 0.3) is 0 Å². The fourth-order valence-corrected chi connectivity index (χ4v) is 3.11. The number of halogens is 1. The Labute approximate surface area is 125 Å². The van der Waals surface area contributed by atoms with Crippen molar-refractivity contribution in [1.29, 1.82) is 0 Å². The molecule has 1 fully saturated rings. The highest BCUT2D eigenvalue weighted by molar-refractivity contribution is 6.30.